The van der Waals surface area contributed by atoms with Crippen LogP contribution in [0.5, 0.6) is 5.88 Å². The molecule has 1 aliphatic heterocycles. The Morgan fingerprint density at radius 2 is 2.09 bits per heavy atom. The topological polar surface area (TPSA) is 121 Å². The third kappa shape index (κ3) is 6.97. The van der Waals surface area contributed by atoms with E-state index in [-0.39, 0.29) is 29.6 Å². The number of aliphatic imine (C=N–C) groups is 1. The Hall–Kier alpha value is -3.55. The molecule has 3 N–H and O–H groups in total. The van der Waals surface area contributed by atoms with Crippen molar-refractivity contribution in [1.29, 1.82) is 0 Å². The van der Waals surface area contributed by atoms with Gasteiger partial charge in [0.2, 0.25) is 5.88 Å². The molecule has 0 unspecified atom stereocenters. The first-order valence-corrected chi connectivity index (χ1v) is 9.89. The molecule has 1 amide bonds. The van der Waals surface area contributed by atoms with Crippen molar-refractivity contribution < 1.29 is 41.0 Å². The van der Waals surface area contributed by atoms with Crippen molar-refractivity contribution in [3.8, 4) is 5.88 Å². The number of nitrogens with zero attached hydrogens (tertiary/aromatic N) is 3. The molecular formula is C20H20F5N5O4. The quantitative estimate of drug-likeness (QED) is 0.266. The number of nitrogens with one attached hydrogen (secondary N) is 1. The molecule has 0 radical (unpaired) electrons. The summed E-state index contributed by atoms with van der Waals surface area (Å²) >= 11 is 0. The van der Waals surface area contributed by atoms with Gasteiger partial charge in [-0.15, -0.1) is 0 Å². The maximum atomic E-state index is 14.6. The van der Waals surface area contributed by atoms with E-state index in [4.69, 9.17) is 15.2 Å². The fraction of sp³-hybridized carbons (Fsp3) is 0.400. The molecule has 0 spiro atoms. The number of amidine groups is 1. The Balaban J connectivity index is 1.71. The summed E-state index contributed by atoms with van der Waals surface area (Å²) < 4.78 is 78.9. The van der Waals surface area contributed by atoms with Gasteiger partial charge in [0.05, 0.1) is 25.6 Å². The van der Waals surface area contributed by atoms with Gasteiger partial charge in [0.15, 0.2) is 13.4 Å². The highest BCUT2D eigenvalue weighted by atomic mass is 19.4. The molecule has 2 atom stereocenters. The van der Waals surface area contributed by atoms with Gasteiger partial charge in [0, 0.05) is 18.0 Å². The normalized spacial score (nSPS) is 18.9. The summed E-state index contributed by atoms with van der Waals surface area (Å²) in [7, 11) is 0. The number of benzene rings is 1. The van der Waals surface area contributed by atoms with Crippen LogP contribution in [0.1, 0.15) is 28.4 Å². The molecule has 0 aliphatic carbocycles. The summed E-state index contributed by atoms with van der Waals surface area (Å²) in [5.41, 5.74) is 5.69. The molecule has 184 valence electrons. The van der Waals surface area contributed by atoms with Crippen LogP contribution in [0.25, 0.3) is 0 Å². The summed E-state index contributed by atoms with van der Waals surface area (Å²) in [6.45, 7) is -2.20. The highest BCUT2D eigenvalue weighted by molar-refractivity contribution is 6.02. The minimum atomic E-state index is -4.54. The number of ether oxygens (including phenoxy) is 3. The number of carbonyl (C=O) groups excluding carboxylic acids is 1. The van der Waals surface area contributed by atoms with Crippen LogP contribution in [-0.2, 0) is 9.47 Å². The molecule has 2 heterocycles. The molecule has 1 aromatic heterocycles. The molecule has 1 aromatic carbocycles. The maximum Gasteiger partial charge on any atom is 0.422 e. The number of halogens is 5. The molecule has 3 rings (SSSR count). The van der Waals surface area contributed by atoms with Gasteiger partial charge >= 0.3 is 6.18 Å². The Morgan fingerprint density at radius 3 is 2.76 bits per heavy atom. The fourth-order valence-electron chi connectivity index (χ4n) is 3.17. The lowest BCUT2D eigenvalue weighted by atomic mass is 9.90. The molecule has 0 saturated carbocycles. The van der Waals surface area contributed by atoms with Gasteiger partial charge < -0.3 is 25.3 Å². The summed E-state index contributed by atoms with van der Waals surface area (Å²) in [6.07, 6.45) is -3.02. The second-order valence-corrected chi connectivity index (χ2v) is 7.08. The molecular weight excluding hydrogens is 469 g/mol. The van der Waals surface area contributed by atoms with Crippen LogP contribution in [0.4, 0.5) is 27.6 Å². The largest absolute Gasteiger partial charge is 0.467 e. The van der Waals surface area contributed by atoms with E-state index in [9.17, 15) is 26.7 Å². The minimum absolute atomic E-state index is 0.0900. The first-order valence-electron chi connectivity index (χ1n) is 9.89. The van der Waals surface area contributed by atoms with Crippen LogP contribution in [-0.4, -0.2) is 60.8 Å². The molecule has 34 heavy (non-hydrogen) atoms. The number of nitrogens with two attached hydrogens (primary N) is 1. The molecule has 14 heteroatoms. The van der Waals surface area contributed by atoms with Crippen molar-refractivity contribution in [1.82, 2.24) is 9.97 Å². The van der Waals surface area contributed by atoms with Crippen LogP contribution in [0.3, 0.4) is 0 Å². The van der Waals surface area contributed by atoms with Crippen molar-refractivity contribution in [2.24, 2.45) is 10.7 Å². The van der Waals surface area contributed by atoms with E-state index in [1.165, 1.54) is 12.1 Å². The summed E-state index contributed by atoms with van der Waals surface area (Å²) in [5, 5.41) is 2.51. The predicted molar refractivity (Wildman–Crippen MR) is 109 cm³/mol. The molecule has 1 fully saturated rings. The van der Waals surface area contributed by atoms with Gasteiger partial charge in [-0.1, -0.05) is 0 Å². The molecule has 0 bridgehead atoms. The Kier molecular flexibility index (Phi) is 8.15. The van der Waals surface area contributed by atoms with Gasteiger partial charge in [0.25, 0.3) is 11.9 Å². The fourth-order valence-corrected chi connectivity index (χ4v) is 3.17. The van der Waals surface area contributed by atoms with E-state index in [2.05, 4.69) is 25.0 Å². The minimum Gasteiger partial charge on any atom is -0.467 e. The number of rotatable bonds is 7. The van der Waals surface area contributed by atoms with Crippen molar-refractivity contribution in [2.75, 3.05) is 31.9 Å². The zero-order valence-corrected chi connectivity index (χ0v) is 17.5. The predicted octanol–water partition coefficient (Wildman–Crippen LogP) is 2.94. The van der Waals surface area contributed by atoms with Crippen LogP contribution < -0.4 is 15.8 Å². The Bertz CT molecular complexity index is 1020. The SMILES string of the molecule is N/C(=N/CF)O[C@@H]1CCOC[C@@H]1c1cc(NC(=O)c2cnc(OCC(F)(F)F)cn2)ccc1F. The number of carbonyl (C=O) groups is 1. The van der Waals surface area contributed by atoms with Crippen molar-refractivity contribution in [3.63, 3.8) is 0 Å². The monoisotopic (exact) mass is 489 g/mol. The lowest BCUT2D eigenvalue weighted by molar-refractivity contribution is -0.154. The summed E-state index contributed by atoms with van der Waals surface area (Å²) in [4.78, 5) is 23.1. The number of hydrogen-bond donors (Lipinski definition) is 2. The number of amides is 1. The smallest absolute Gasteiger partial charge is 0.422 e. The number of anilines is 1. The summed E-state index contributed by atoms with van der Waals surface area (Å²) in [5.74, 6) is -2.35. The van der Waals surface area contributed by atoms with Gasteiger partial charge in [0.1, 0.15) is 17.6 Å². The van der Waals surface area contributed by atoms with Crippen molar-refractivity contribution >= 4 is 17.6 Å². The molecule has 9 nitrogen and oxygen atoms in total. The highest BCUT2D eigenvalue weighted by Crippen LogP contribution is 2.32. The van der Waals surface area contributed by atoms with Gasteiger partial charge in [-0.3, -0.25) is 4.79 Å². The number of hydrogen-bond acceptors (Lipinski definition) is 7. The first-order chi connectivity index (χ1) is 16.2. The maximum absolute atomic E-state index is 14.6. The van der Waals surface area contributed by atoms with Crippen molar-refractivity contribution in [3.05, 3.63) is 47.7 Å². The molecule has 1 saturated heterocycles. The zero-order valence-electron chi connectivity index (χ0n) is 17.5. The summed E-state index contributed by atoms with van der Waals surface area (Å²) in [6, 6.07) is 3.45. The van der Waals surface area contributed by atoms with E-state index < -0.39 is 49.2 Å². The van der Waals surface area contributed by atoms with Crippen LogP contribution >= 0.6 is 0 Å². The number of alkyl halides is 4. The van der Waals surface area contributed by atoms with E-state index in [1.54, 1.807) is 0 Å². The average Bonchev–Trinajstić information content (AvgIpc) is 2.79. The van der Waals surface area contributed by atoms with E-state index in [0.717, 1.165) is 18.5 Å². The van der Waals surface area contributed by atoms with E-state index >= 15 is 0 Å². The molecule has 1 aliphatic rings. The van der Waals surface area contributed by atoms with E-state index in [1.807, 2.05) is 0 Å². The van der Waals surface area contributed by atoms with Gasteiger partial charge in [-0.05, 0) is 23.8 Å². The van der Waals surface area contributed by atoms with Crippen LogP contribution in [0, 0.1) is 5.82 Å². The van der Waals surface area contributed by atoms with Crippen molar-refractivity contribution in [2.45, 2.75) is 24.6 Å². The second kappa shape index (κ2) is 11.0. The van der Waals surface area contributed by atoms with Crippen LogP contribution in [0.2, 0.25) is 0 Å². The average molecular weight is 489 g/mol. The highest BCUT2D eigenvalue weighted by Gasteiger charge is 2.32. The number of aromatic nitrogens is 2. The lowest BCUT2D eigenvalue weighted by Gasteiger charge is -2.32. The lowest BCUT2D eigenvalue weighted by Crippen LogP contribution is -2.36. The standard InChI is InChI=1S/C20H20F5N5O4/c21-10-29-19(26)34-16-3-4-32-8-13(16)12-5-11(1-2-14(12)22)30-18(31)15-6-28-17(7-27-15)33-9-20(23,24)25/h1-2,5-7,13,16H,3-4,8-10H2,(H2,26,29)(H,30,31)/t13-,16-/m1/s1. The second-order valence-electron chi connectivity index (χ2n) is 7.08. The third-order valence-corrected chi connectivity index (χ3v) is 4.68. The zero-order chi connectivity index (χ0) is 24.7. The van der Waals surface area contributed by atoms with Crippen LogP contribution in [0.15, 0.2) is 35.6 Å². The first kappa shape index (κ1) is 25.1. The Labute approximate surface area is 190 Å². The molecule has 2 aromatic rings. The van der Waals surface area contributed by atoms with E-state index in [0.29, 0.717) is 13.0 Å². The third-order valence-electron chi connectivity index (χ3n) is 4.68. The van der Waals surface area contributed by atoms with Gasteiger partial charge in [-0.2, -0.15) is 13.2 Å². The Morgan fingerprint density at radius 1 is 1.29 bits per heavy atom. The van der Waals surface area contributed by atoms with Gasteiger partial charge in [-0.25, -0.2) is 23.7 Å².